The second-order valence-electron chi connectivity index (χ2n) is 7.41. The number of aryl methyl sites for hydroxylation is 1. The van der Waals surface area contributed by atoms with Crippen LogP contribution in [0.25, 0.3) is 0 Å². The van der Waals surface area contributed by atoms with Crippen molar-refractivity contribution in [2.24, 2.45) is 0 Å². The molecule has 1 heterocycles. The summed E-state index contributed by atoms with van der Waals surface area (Å²) >= 11 is 0. The minimum atomic E-state index is -0.201. The van der Waals surface area contributed by atoms with E-state index in [2.05, 4.69) is 5.32 Å². The first kappa shape index (κ1) is 19.4. The molecule has 0 fully saturated rings. The molecule has 0 atom stereocenters. The van der Waals surface area contributed by atoms with Crippen molar-refractivity contribution in [3.8, 4) is 6.07 Å². The number of carbonyl (C=O) groups excluding carboxylic acids is 2. The predicted octanol–water partition coefficient (Wildman–Crippen LogP) is 4.00. The molecule has 4 rings (SSSR count). The van der Waals surface area contributed by atoms with Gasteiger partial charge < -0.3 is 10.2 Å². The topological polar surface area (TPSA) is 73.2 Å². The van der Waals surface area contributed by atoms with Gasteiger partial charge in [0.2, 0.25) is 0 Å². The molecule has 0 spiro atoms. The van der Waals surface area contributed by atoms with Crippen molar-refractivity contribution < 1.29 is 9.59 Å². The number of hydrogen-bond donors (Lipinski definition) is 1. The lowest BCUT2D eigenvalue weighted by atomic mass is 10.1. The van der Waals surface area contributed by atoms with E-state index >= 15 is 0 Å². The van der Waals surface area contributed by atoms with Gasteiger partial charge in [0.05, 0.1) is 11.6 Å². The van der Waals surface area contributed by atoms with Crippen molar-refractivity contribution in [1.29, 1.82) is 5.26 Å². The van der Waals surface area contributed by atoms with Crippen molar-refractivity contribution in [3.63, 3.8) is 0 Å². The fourth-order valence-corrected chi connectivity index (χ4v) is 3.58. The van der Waals surface area contributed by atoms with Crippen LogP contribution in [0, 0.1) is 18.3 Å². The van der Waals surface area contributed by atoms with Gasteiger partial charge in [-0.25, -0.2) is 0 Å². The van der Waals surface area contributed by atoms with Crippen LogP contribution < -0.4 is 10.2 Å². The van der Waals surface area contributed by atoms with Crippen molar-refractivity contribution >= 4 is 17.5 Å². The van der Waals surface area contributed by atoms with Crippen LogP contribution in [0.2, 0.25) is 0 Å². The molecule has 3 aromatic rings. The smallest absolute Gasteiger partial charge is 0.258 e. The van der Waals surface area contributed by atoms with Crippen LogP contribution in [0.1, 0.15) is 43.0 Å². The number of hydrogen-bond acceptors (Lipinski definition) is 3. The Labute approximate surface area is 175 Å². The molecule has 3 aromatic carbocycles. The number of carbonyl (C=O) groups is 2. The van der Waals surface area contributed by atoms with Crippen LogP contribution in [0.3, 0.4) is 0 Å². The fourth-order valence-electron chi connectivity index (χ4n) is 3.58. The SMILES string of the molecule is Cc1ccc(C(=O)N2CCc3ccc(CNC(=O)c4ccc(C#N)cc4)cc32)cc1. The predicted molar refractivity (Wildman–Crippen MR) is 115 cm³/mol. The summed E-state index contributed by atoms with van der Waals surface area (Å²) in [5, 5.41) is 11.8. The molecule has 0 saturated heterocycles. The maximum atomic E-state index is 13.0. The van der Waals surface area contributed by atoms with Crippen molar-refractivity contribution in [2.75, 3.05) is 11.4 Å². The highest BCUT2D eigenvalue weighted by Crippen LogP contribution is 2.30. The summed E-state index contributed by atoms with van der Waals surface area (Å²) < 4.78 is 0. The van der Waals surface area contributed by atoms with Gasteiger partial charge in [-0.2, -0.15) is 5.26 Å². The Bertz CT molecular complexity index is 1140. The Morgan fingerprint density at radius 1 is 1.00 bits per heavy atom. The fraction of sp³-hybridized carbons (Fsp3) is 0.160. The lowest BCUT2D eigenvalue weighted by molar-refractivity contribution is 0.0949. The Hall–Kier alpha value is -3.91. The number of anilines is 1. The largest absolute Gasteiger partial charge is 0.348 e. The average Bonchev–Trinajstić information content (AvgIpc) is 3.21. The van der Waals surface area contributed by atoms with E-state index in [-0.39, 0.29) is 11.8 Å². The number of amides is 2. The third-order valence-corrected chi connectivity index (χ3v) is 5.32. The summed E-state index contributed by atoms with van der Waals surface area (Å²) in [4.78, 5) is 27.2. The Kier molecular flexibility index (Phi) is 5.32. The summed E-state index contributed by atoms with van der Waals surface area (Å²) in [6, 6.07) is 22.2. The number of rotatable bonds is 4. The van der Waals surface area contributed by atoms with Gasteiger partial charge in [0.15, 0.2) is 0 Å². The van der Waals surface area contributed by atoms with Crippen molar-refractivity contribution in [1.82, 2.24) is 5.32 Å². The molecule has 30 heavy (non-hydrogen) atoms. The van der Waals surface area contributed by atoms with E-state index < -0.39 is 0 Å². The van der Waals surface area contributed by atoms with E-state index in [0.29, 0.717) is 29.8 Å². The van der Waals surface area contributed by atoms with Gasteiger partial charge in [-0.05, 0) is 66.9 Å². The highest BCUT2D eigenvalue weighted by Gasteiger charge is 2.25. The molecule has 0 aromatic heterocycles. The highest BCUT2D eigenvalue weighted by molar-refractivity contribution is 6.07. The first-order valence-electron chi connectivity index (χ1n) is 9.84. The first-order chi connectivity index (χ1) is 14.5. The van der Waals surface area contributed by atoms with Gasteiger partial charge in [-0.1, -0.05) is 29.8 Å². The van der Waals surface area contributed by atoms with E-state index in [1.54, 1.807) is 24.3 Å². The lowest BCUT2D eigenvalue weighted by Crippen LogP contribution is -2.29. The molecule has 0 radical (unpaired) electrons. The van der Waals surface area contributed by atoms with E-state index in [1.165, 1.54) is 0 Å². The molecule has 2 amide bonds. The third kappa shape index (κ3) is 3.94. The minimum absolute atomic E-state index is 0.00693. The molecule has 5 nitrogen and oxygen atoms in total. The van der Waals surface area contributed by atoms with Crippen LogP contribution in [0.4, 0.5) is 5.69 Å². The summed E-state index contributed by atoms with van der Waals surface area (Å²) in [5.74, 6) is -0.208. The van der Waals surface area contributed by atoms with E-state index in [0.717, 1.165) is 28.8 Å². The molecule has 148 valence electrons. The Morgan fingerprint density at radius 3 is 2.40 bits per heavy atom. The monoisotopic (exact) mass is 395 g/mol. The van der Waals surface area contributed by atoms with Gasteiger partial charge in [-0.15, -0.1) is 0 Å². The molecule has 0 saturated carbocycles. The third-order valence-electron chi connectivity index (χ3n) is 5.32. The summed E-state index contributed by atoms with van der Waals surface area (Å²) in [7, 11) is 0. The molecule has 0 aliphatic carbocycles. The Morgan fingerprint density at radius 2 is 1.70 bits per heavy atom. The molecule has 1 aliphatic rings. The van der Waals surface area contributed by atoms with Crippen LogP contribution in [0.15, 0.2) is 66.7 Å². The second-order valence-corrected chi connectivity index (χ2v) is 7.41. The minimum Gasteiger partial charge on any atom is -0.348 e. The quantitative estimate of drug-likeness (QED) is 0.726. The molecule has 5 heteroatoms. The van der Waals surface area contributed by atoms with Gasteiger partial charge in [0.25, 0.3) is 11.8 Å². The van der Waals surface area contributed by atoms with Gasteiger partial charge in [0, 0.05) is 29.9 Å². The molecule has 0 bridgehead atoms. The normalized spacial score (nSPS) is 12.2. The van der Waals surface area contributed by atoms with Crippen LogP contribution in [-0.4, -0.2) is 18.4 Å². The van der Waals surface area contributed by atoms with Crippen LogP contribution in [-0.2, 0) is 13.0 Å². The van der Waals surface area contributed by atoms with E-state index in [9.17, 15) is 9.59 Å². The molecule has 1 aliphatic heterocycles. The maximum Gasteiger partial charge on any atom is 0.258 e. The van der Waals surface area contributed by atoms with E-state index in [1.807, 2.05) is 60.4 Å². The van der Waals surface area contributed by atoms with Crippen LogP contribution in [0.5, 0.6) is 0 Å². The Balaban J connectivity index is 1.47. The maximum absolute atomic E-state index is 13.0. The molecule has 0 unspecified atom stereocenters. The standard InChI is InChI=1S/C25H21N3O2/c1-17-2-7-22(8-3-17)25(30)28-13-12-20-9-6-19(14-23(20)28)16-27-24(29)21-10-4-18(15-26)5-11-21/h2-11,14H,12-13,16H2,1H3,(H,27,29). The highest BCUT2D eigenvalue weighted by atomic mass is 16.2. The zero-order chi connectivity index (χ0) is 21.1. The zero-order valence-corrected chi connectivity index (χ0v) is 16.7. The summed E-state index contributed by atoms with van der Waals surface area (Å²) in [6.45, 7) is 3.01. The number of nitrogens with one attached hydrogen (secondary N) is 1. The second kappa shape index (κ2) is 8.22. The molecule has 1 N–H and O–H groups in total. The summed E-state index contributed by atoms with van der Waals surface area (Å²) in [5.41, 5.74) is 5.79. The molecular formula is C25H21N3O2. The lowest BCUT2D eigenvalue weighted by Gasteiger charge is -2.18. The zero-order valence-electron chi connectivity index (χ0n) is 16.7. The van der Waals surface area contributed by atoms with Crippen LogP contribution >= 0.6 is 0 Å². The van der Waals surface area contributed by atoms with Crippen molar-refractivity contribution in [2.45, 2.75) is 19.9 Å². The van der Waals surface area contributed by atoms with Gasteiger partial charge >= 0.3 is 0 Å². The number of fused-ring (bicyclic) bond motifs is 1. The number of nitrogens with zero attached hydrogens (tertiary/aromatic N) is 2. The average molecular weight is 395 g/mol. The number of nitriles is 1. The van der Waals surface area contributed by atoms with Gasteiger partial charge in [0.1, 0.15) is 0 Å². The summed E-state index contributed by atoms with van der Waals surface area (Å²) in [6.07, 6.45) is 0.824. The van der Waals surface area contributed by atoms with Gasteiger partial charge in [-0.3, -0.25) is 9.59 Å². The van der Waals surface area contributed by atoms with Crippen molar-refractivity contribution in [3.05, 3.63) is 100 Å². The van der Waals surface area contributed by atoms with E-state index in [4.69, 9.17) is 5.26 Å². The molecular weight excluding hydrogens is 374 g/mol. The number of benzene rings is 3. The first-order valence-corrected chi connectivity index (χ1v) is 9.84.